The third-order valence-electron chi connectivity index (χ3n) is 8.64. The van der Waals surface area contributed by atoms with Crippen LogP contribution in [0.25, 0.3) is 0 Å². The summed E-state index contributed by atoms with van der Waals surface area (Å²) >= 11 is 0. The van der Waals surface area contributed by atoms with E-state index in [1.54, 1.807) is 0 Å². The number of hydrogen-bond donors (Lipinski definition) is 4. The molecule has 318 valence electrons. The Balaban J connectivity index is 1.87. The minimum Gasteiger partial charge on any atom is -0.462 e. The number of amides is 2. The summed E-state index contributed by atoms with van der Waals surface area (Å²) in [5.74, 6) is -5.15. The zero-order valence-corrected chi connectivity index (χ0v) is 36.1. The number of aromatic nitrogens is 3. The molecule has 0 radical (unpaired) electrons. The summed E-state index contributed by atoms with van der Waals surface area (Å²) < 4.78 is 21.9. The second kappa shape index (κ2) is 19.3. The summed E-state index contributed by atoms with van der Waals surface area (Å²) in [5.41, 5.74) is -1.61. The van der Waals surface area contributed by atoms with Crippen molar-refractivity contribution in [3.63, 3.8) is 0 Å². The summed E-state index contributed by atoms with van der Waals surface area (Å²) in [7, 11) is 0. The first kappa shape index (κ1) is 46.9. The van der Waals surface area contributed by atoms with E-state index < -0.39 is 35.7 Å². The first-order valence-corrected chi connectivity index (χ1v) is 19.5. The molecule has 0 aliphatic carbocycles. The van der Waals surface area contributed by atoms with Crippen LogP contribution in [0, 0.1) is 21.7 Å². The Kier molecular flexibility index (Phi) is 15.6. The molecule has 0 aliphatic heterocycles. The van der Waals surface area contributed by atoms with Gasteiger partial charge in [-0.25, -0.2) is 24.2 Å². The molecule has 0 spiro atoms. The first-order chi connectivity index (χ1) is 26.7. The lowest BCUT2D eigenvalue weighted by Crippen LogP contribution is -2.22. The molecule has 0 unspecified atom stereocenters. The number of anilines is 2. The van der Waals surface area contributed by atoms with E-state index in [1.807, 2.05) is 83.1 Å². The summed E-state index contributed by atoms with van der Waals surface area (Å²) in [4.78, 5) is 89.9. The van der Waals surface area contributed by atoms with E-state index in [0.29, 0.717) is 25.7 Å². The van der Waals surface area contributed by atoms with Gasteiger partial charge in [-0.1, -0.05) is 89.2 Å². The smallest absolute Gasteiger partial charge is 0.342 e. The molecule has 0 fully saturated rings. The van der Waals surface area contributed by atoms with Crippen molar-refractivity contribution in [2.75, 3.05) is 37.1 Å². The number of aromatic amines is 2. The van der Waals surface area contributed by atoms with Crippen LogP contribution in [0.4, 0.5) is 11.6 Å². The topological polar surface area (TPSA) is 208 Å². The highest BCUT2D eigenvalue weighted by molar-refractivity contribution is 6.13. The number of nitrogens with zero attached hydrogens (tertiary/aromatic N) is 1. The Morgan fingerprint density at radius 3 is 1.09 bits per heavy atom. The van der Waals surface area contributed by atoms with Crippen molar-refractivity contribution in [3.05, 3.63) is 64.2 Å². The van der Waals surface area contributed by atoms with Crippen LogP contribution in [0.3, 0.4) is 0 Å². The third kappa shape index (κ3) is 15.1. The van der Waals surface area contributed by atoms with Gasteiger partial charge in [0.15, 0.2) is 0 Å². The van der Waals surface area contributed by atoms with Crippen molar-refractivity contribution >= 4 is 47.3 Å². The largest absolute Gasteiger partial charge is 0.462 e. The SMILES string of the molecule is CC(C)(C)CCOC(=O)c1c[nH]c(NC(=O)c2cccc(C(=O)Nc3[nH]cc(C(=O)OCCC(C)(C)C)c3C(=O)OCCC(C)(C)C)n2)c1C(=O)OCCC(C)(C)C. The minimum absolute atomic E-state index is 0.0647. The van der Waals surface area contributed by atoms with Crippen LogP contribution in [-0.4, -0.2) is 77.1 Å². The molecule has 3 rings (SSSR count). The number of pyridine rings is 1. The van der Waals surface area contributed by atoms with Gasteiger partial charge in [0.2, 0.25) is 0 Å². The Morgan fingerprint density at radius 2 is 0.793 bits per heavy atom. The van der Waals surface area contributed by atoms with E-state index in [9.17, 15) is 28.8 Å². The van der Waals surface area contributed by atoms with Crippen molar-refractivity contribution < 1.29 is 47.7 Å². The Labute approximate surface area is 341 Å². The number of carbonyl (C=O) groups is 6. The fraction of sp³-hybridized carbons (Fsp3) is 0.558. The molecule has 3 aromatic heterocycles. The number of ether oxygens (including phenoxy) is 4. The van der Waals surface area contributed by atoms with Crippen LogP contribution >= 0.6 is 0 Å². The van der Waals surface area contributed by atoms with Gasteiger partial charge < -0.3 is 39.5 Å². The highest BCUT2D eigenvalue weighted by Gasteiger charge is 2.30. The molecule has 0 saturated carbocycles. The van der Waals surface area contributed by atoms with Crippen molar-refractivity contribution in [1.29, 1.82) is 0 Å². The fourth-order valence-electron chi connectivity index (χ4n) is 4.93. The quantitative estimate of drug-likeness (QED) is 0.0796. The van der Waals surface area contributed by atoms with Crippen molar-refractivity contribution in [3.8, 4) is 0 Å². The zero-order valence-electron chi connectivity index (χ0n) is 36.1. The second-order valence-corrected chi connectivity index (χ2v) is 19.0. The Morgan fingerprint density at radius 1 is 0.500 bits per heavy atom. The van der Waals surface area contributed by atoms with Gasteiger partial charge in [-0.05, 0) is 59.5 Å². The van der Waals surface area contributed by atoms with Crippen molar-refractivity contribution in [2.24, 2.45) is 21.7 Å². The van der Waals surface area contributed by atoms with Gasteiger partial charge in [-0.15, -0.1) is 0 Å². The fourth-order valence-corrected chi connectivity index (χ4v) is 4.93. The van der Waals surface area contributed by atoms with Gasteiger partial charge in [-0.2, -0.15) is 0 Å². The number of rotatable bonds is 16. The first-order valence-electron chi connectivity index (χ1n) is 19.5. The number of esters is 4. The molecule has 0 saturated heterocycles. The van der Waals surface area contributed by atoms with E-state index in [0.717, 1.165) is 0 Å². The van der Waals surface area contributed by atoms with Crippen LogP contribution in [-0.2, 0) is 18.9 Å². The molecule has 4 N–H and O–H groups in total. The third-order valence-corrected chi connectivity index (χ3v) is 8.64. The van der Waals surface area contributed by atoms with Gasteiger partial charge in [0.1, 0.15) is 34.2 Å². The van der Waals surface area contributed by atoms with E-state index in [-0.39, 0.29) is 93.4 Å². The summed E-state index contributed by atoms with van der Waals surface area (Å²) in [6.45, 7) is 24.3. The molecule has 15 nitrogen and oxygen atoms in total. The predicted molar refractivity (Wildman–Crippen MR) is 219 cm³/mol. The van der Waals surface area contributed by atoms with Crippen molar-refractivity contribution in [2.45, 2.75) is 109 Å². The van der Waals surface area contributed by atoms with Gasteiger partial charge in [0.05, 0.1) is 37.6 Å². The highest BCUT2D eigenvalue weighted by Crippen LogP contribution is 2.27. The summed E-state index contributed by atoms with van der Waals surface area (Å²) in [5, 5.41) is 5.13. The molecule has 0 atom stereocenters. The maximum atomic E-state index is 13.6. The maximum Gasteiger partial charge on any atom is 0.342 e. The van der Waals surface area contributed by atoms with E-state index in [4.69, 9.17) is 18.9 Å². The molecule has 0 aliphatic rings. The van der Waals surface area contributed by atoms with Gasteiger partial charge in [-0.3, -0.25) is 9.59 Å². The lowest BCUT2D eigenvalue weighted by molar-refractivity contribution is 0.0418. The Hall–Kier alpha value is -5.47. The zero-order chi connectivity index (χ0) is 43.6. The van der Waals surface area contributed by atoms with Crippen LogP contribution in [0.1, 0.15) is 171 Å². The van der Waals surface area contributed by atoms with E-state index in [1.165, 1.54) is 30.6 Å². The van der Waals surface area contributed by atoms with E-state index >= 15 is 0 Å². The Bertz CT molecular complexity index is 1810. The molecule has 2 amide bonds. The molecule has 3 heterocycles. The molecular formula is C43H61N5O10. The lowest BCUT2D eigenvalue weighted by atomic mass is 9.93. The van der Waals surface area contributed by atoms with Crippen LogP contribution in [0.2, 0.25) is 0 Å². The lowest BCUT2D eigenvalue weighted by Gasteiger charge is -2.18. The predicted octanol–water partition coefficient (Wildman–Crippen LogP) is 8.61. The average Bonchev–Trinajstić information content (AvgIpc) is 3.70. The number of carbonyl (C=O) groups excluding carboxylic acids is 6. The van der Waals surface area contributed by atoms with Crippen LogP contribution < -0.4 is 10.6 Å². The van der Waals surface area contributed by atoms with Gasteiger partial charge >= 0.3 is 23.9 Å². The normalized spacial score (nSPS) is 12.1. The summed E-state index contributed by atoms with van der Waals surface area (Å²) in [6.07, 6.45) is 4.74. The molecule has 0 aromatic carbocycles. The van der Waals surface area contributed by atoms with Crippen LogP contribution in [0.15, 0.2) is 30.6 Å². The highest BCUT2D eigenvalue weighted by atomic mass is 16.5. The molecule has 3 aromatic rings. The second-order valence-electron chi connectivity index (χ2n) is 19.0. The average molecular weight is 808 g/mol. The molecule has 15 heteroatoms. The van der Waals surface area contributed by atoms with E-state index in [2.05, 4.69) is 25.6 Å². The van der Waals surface area contributed by atoms with Gasteiger partial charge in [0.25, 0.3) is 11.8 Å². The monoisotopic (exact) mass is 807 g/mol. The molecule has 0 bridgehead atoms. The summed E-state index contributed by atoms with van der Waals surface area (Å²) in [6, 6.07) is 4.10. The molecular weight excluding hydrogens is 746 g/mol. The minimum atomic E-state index is -0.846. The standard InChI is InChI=1S/C43H61N5O10/c1-40(2,3)16-20-55-36(51)26-24-44-32(30(26)38(53)57-22-18-42(7,8)9)47-34(49)28-14-13-15-29(46-28)35(50)48-33-31(39(54)58-23-19-43(10,11)12)27(25-45-33)37(52)56-21-17-41(4,5)6/h13-15,24-25,44-45H,16-23H2,1-12H3,(H,47,49)(H,48,50). The molecule has 58 heavy (non-hydrogen) atoms. The number of hydrogen-bond acceptors (Lipinski definition) is 11. The van der Waals surface area contributed by atoms with Crippen LogP contribution in [0.5, 0.6) is 0 Å². The van der Waals surface area contributed by atoms with Crippen molar-refractivity contribution in [1.82, 2.24) is 15.0 Å². The maximum absolute atomic E-state index is 13.6. The number of nitrogens with one attached hydrogen (secondary N) is 4. The number of H-pyrrole nitrogens is 2. The van der Waals surface area contributed by atoms with Gasteiger partial charge in [0, 0.05) is 12.4 Å².